The number of anilines is 1. The van der Waals surface area contributed by atoms with Crippen LogP contribution in [-0.2, 0) is 23.0 Å². The monoisotopic (exact) mass is 473 g/mol. The molecule has 0 radical (unpaired) electrons. The van der Waals surface area contributed by atoms with E-state index < -0.39 is 15.9 Å². The van der Waals surface area contributed by atoms with Crippen molar-refractivity contribution in [1.29, 1.82) is 0 Å². The molecule has 0 unspecified atom stereocenters. The van der Waals surface area contributed by atoms with Gasteiger partial charge in [-0.1, -0.05) is 20.8 Å². The molecular formula is C23H31N5O4S. The third kappa shape index (κ3) is 4.11. The summed E-state index contributed by atoms with van der Waals surface area (Å²) in [6, 6.07) is 3.17. The highest BCUT2D eigenvalue weighted by atomic mass is 32.2. The van der Waals surface area contributed by atoms with E-state index in [1.807, 2.05) is 13.8 Å². The Kier molecular flexibility index (Phi) is 6.19. The summed E-state index contributed by atoms with van der Waals surface area (Å²) < 4.78 is 26.7. The van der Waals surface area contributed by atoms with E-state index in [0.29, 0.717) is 36.5 Å². The number of aliphatic hydroxyl groups is 2. The second-order valence-corrected chi connectivity index (χ2v) is 11.0. The van der Waals surface area contributed by atoms with Gasteiger partial charge < -0.3 is 19.7 Å². The molecule has 10 heteroatoms. The highest BCUT2D eigenvalue weighted by Gasteiger charge is 2.35. The summed E-state index contributed by atoms with van der Waals surface area (Å²) >= 11 is 0. The first kappa shape index (κ1) is 23.6. The minimum absolute atomic E-state index is 0.119. The largest absolute Gasteiger partial charge is 0.392 e. The van der Waals surface area contributed by atoms with Crippen LogP contribution in [0.25, 0.3) is 11.0 Å². The van der Waals surface area contributed by atoms with Crippen LogP contribution in [0.5, 0.6) is 0 Å². The number of nitrogens with zero attached hydrogens (tertiary/aromatic N) is 5. The summed E-state index contributed by atoms with van der Waals surface area (Å²) in [5.74, 6) is 1.58. The van der Waals surface area contributed by atoms with Crippen molar-refractivity contribution in [1.82, 2.24) is 19.5 Å². The predicted molar refractivity (Wildman–Crippen MR) is 126 cm³/mol. The Labute approximate surface area is 194 Å². The molecule has 1 aliphatic rings. The summed E-state index contributed by atoms with van der Waals surface area (Å²) in [6.45, 7) is 8.87. The lowest BCUT2D eigenvalue weighted by Gasteiger charge is -2.38. The average Bonchev–Trinajstić information content (AvgIpc) is 3.13. The molecule has 9 nitrogen and oxygen atoms in total. The molecule has 1 aliphatic heterocycles. The van der Waals surface area contributed by atoms with Crippen molar-refractivity contribution >= 4 is 26.8 Å². The number of benzene rings is 1. The van der Waals surface area contributed by atoms with Crippen molar-refractivity contribution in [2.24, 2.45) is 5.92 Å². The molecule has 3 heterocycles. The highest BCUT2D eigenvalue weighted by molar-refractivity contribution is 7.90. The van der Waals surface area contributed by atoms with Gasteiger partial charge in [-0.2, -0.15) is 0 Å². The lowest BCUT2D eigenvalue weighted by molar-refractivity contribution is 0.172. The summed E-state index contributed by atoms with van der Waals surface area (Å²) in [4.78, 5) is 16.4. The SMILES string of the molecule is CC[C@H](O)c1cnc(N2CCn3c(nc4cc(CO)c(S(C)(=O)=O)cc43)[C@@H]2C(C)C)nc1C. The van der Waals surface area contributed by atoms with E-state index >= 15 is 0 Å². The van der Waals surface area contributed by atoms with Crippen LogP contribution >= 0.6 is 0 Å². The first-order valence-electron chi connectivity index (χ1n) is 11.2. The molecule has 0 saturated carbocycles. The number of fused-ring (bicyclic) bond motifs is 3. The second-order valence-electron chi connectivity index (χ2n) is 9.02. The van der Waals surface area contributed by atoms with Gasteiger partial charge in [-0.25, -0.2) is 23.4 Å². The van der Waals surface area contributed by atoms with Gasteiger partial charge in [0.05, 0.1) is 34.7 Å². The Morgan fingerprint density at radius 1 is 1.21 bits per heavy atom. The zero-order valence-corrected chi connectivity index (χ0v) is 20.5. The van der Waals surface area contributed by atoms with E-state index in [4.69, 9.17) is 9.97 Å². The molecule has 2 aromatic heterocycles. The fourth-order valence-corrected chi connectivity index (χ4v) is 5.59. The maximum atomic E-state index is 12.3. The fourth-order valence-electron chi connectivity index (χ4n) is 4.66. The summed E-state index contributed by atoms with van der Waals surface area (Å²) in [6.07, 6.45) is 2.86. The van der Waals surface area contributed by atoms with Gasteiger partial charge in [-0.3, -0.25) is 0 Å². The Balaban J connectivity index is 1.83. The molecule has 4 rings (SSSR count). The molecule has 33 heavy (non-hydrogen) atoms. The number of hydrogen-bond donors (Lipinski definition) is 2. The molecule has 2 atom stereocenters. The van der Waals surface area contributed by atoms with Gasteiger partial charge in [-0.05, 0) is 37.0 Å². The van der Waals surface area contributed by atoms with Crippen molar-refractivity contribution in [2.45, 2.75) is 64.3 Å². The van der Waals surface area contributed by atoms with E-state index in [1.54, 1.807) is 18.3 Å². The zero-order valence-electron chi connectivity index (χ0n) is 19.6. The van der Waals surface area contributed by atoms with E-state index in [1.165, 1.54) is 0 Å². The average molecular weight is 474 g/mol. The van der Waals surface area contributed by atoms with Crippen LogP contribution < -0.4 is 4.90 Å². The number of aliphatic hydroxyl groups excluding tert-OH is 2. The molecule has 0 spiro atoms. The van der Waals surface area contributed by atoms with Crippen molar-refractivity contribution in [3.05, 3.63) is 41.0 Å². The Hall–Kier alpha value is -2.56. The maximum absolute atomic E-state index is 12.3. The molecule has 0 bridgehead atoms. The number of rotatable bonds is 6. The maximum Gasteiger partial charge on any atom is 0.226 e. The first-order chi connectivity index (χ1) is 15.6. The quantitative estimate of drug-likeness (QED) is 0.560. The second kappa shape index (κ2) is 8.66. The van der Waals surface area contributed by atoms with E-state index in [9.17, 15) is 18.6 Å². The number of imidazole rings is 1. The smallest absolute Gasteiger partial charge is 0.226 e. The summed E-state index contributed by atoms with van der Waals surface area (Å²) in [5, 5.41) is 20.0. The zero-order chi connectivity index (χ0) is 24.1. The normalized spacial score (nSPS) is 17.6. The number of hydrogen-bond acceptors (Lipinski definition) is 8. The van der Waals surface area contributed by atoms with Crippen LogP contribution in [0.15, 0.2) is 23.2 Å². The minimum Gasteiger partial charge on any atom is -0.392 e. The minimum atomic E-state index is -3.50. The van der Waals surface area contributed by atoms with E-state index in [0.717, 1.165) is 28.9 Å². The van der Waals surface area contributed by atoms with Crippen molar-refractivity contribution < 1.29 is 18.6 Å². The third-order valence-corrected chi connectivity index (χ3v) is 7.51. The lowest BCUT2D eigenvalue weighted by atomic mass is 10.00. The van der Waals surface area contributed by atoms with Crippen molar-refractivity contribution in [3.63, 3.8) is 0 Å². The van der Waals surface area contributed by atoms with Crippen LogP contribution in [0.3, 0.4) is 0 Å². The standard InChI is InChI=1S/C23H31N5O4S/c1-6-19(30)16-11-24-23(25-14(16)4)28-8-7-27-18-10-20(33(5,31)32)15(12-29)9-17(18)26-22(27)21(28)13(2)3/h9-11,13,19,21,29-30H,6-8,12H2,1-5H3/t19-,21-/m0/s1. The van der Waals surface area contributed by atoms with Gasteiger partial charge in [0.15, 0.2) is 9.84 Å². The van der Waals surface area contributed by atoms with Crippen LogP contribution in [0, 0.1) is 12.8 Å². The van der Waals surface area contributed by atoms with E-state index in [-0.39, 0.29) is 23.5 Å². The predicted octanol–water partition coefficient (Wildman–Crippen LogP) is 2.69. The van der Waals surface area contributed by atoms with E-state index in [2.05, 4.69) is 28.3 Å². The number of sulfone groups is 1. The van der Waals surface area contributed by atoms with Gasteiger partial charge >= 0.3 is 0 Å². The summed E-state index contributed by atoms with van der Waals surface area (Å²) in [5.41, 5.74) is 3.24. The number of aryl methyl sites for hydroxylation is 1. The molecule has 2 N–H and O–H groups in total. The molecule has 0 fully saturated rings. The first-order valence-corrected chi connectivity index (χ1v) is 13.1. The van der Waals surface area contributed by atoms with Gasteiger partial charge in [0.2, 0.25) is 5.95 Å². The Morgan fingerprint density at radius 2 is 1.94 bits per heavy atom. The Bertz CT molecular complexity index is 1300. The van der Waals surface area contributed by atoms with Crippen LogP contribution in [0.1, 0.15) is 62.0 Å². The molecule has 1 aromatic carbocycles. The molecular weight excluding hydrogens is 442 g/mol. The fraction of sp³-hybridized carbons (Fsp3) is 0.522. The topological polar surface area (TPSA) is 121 Å². The summed E-state index contributed by atoms with van der Waals surface area (Å²) in [7, 11) is -3.50. The lowest BCUT2D eigenvalue weighted by Crippen LogP contribution is -2.42. The Morgan fingerprint density at radius 3 is 2.52 bits per heavy atom. The molecule has 0 saturated heterocycles. The molecule has 178 valence electrons. The van der Waals surface area contributed by atoms with Crippen LogP contribution in [-0.4, -0.2) is 51.0 Å². The van der Waals surface area contributed by atoms with Crippen LogP contribution in [0.4, 0.5) is 5.95 Å². The number of aromatic nitrogens is 4. The van der Waals surface area contributed by atoms with Gasteiger partial charge in [0, 0.05) is 36.8 Å². The van der Waals surface area contributed by atoms with Gasteiger partial charge in [0.1, 0.15) is 5.82 Å². The molecule has 3 aromatic rings. The van der Waals surface area contributed by atoms with Crippen molar-refractivity contribution in [3.8, 4) is 0 Å². The molecule has 0 aliphatic carbocycles. The van der Waals surface area contributed by atoms with Crippen molar-refractivity contribution in [2.75, 3.05) is 17.7 Å². The van der Waals surface area contributed by atoms with Gasteiger partial charge in [0.25, 0.3) is 0 Å². The molecule has 0 amide bonds. The van der Waals surface area contributed by atoms with Crippen LogP contribution in [0.2, 0.25) is 0 Å². The highest BCUT2D eigenvalue weighted by Crippen LogP contribution is 2.37. The van der Waals surface area contributed by atoms with Gasteiger partial charge in [-0.15, -0.1) is 0 Å². The third-order valence-electron chi connectivity index (χ3n) is 6.33.